The van der Waals surface area contributed by atoms with Gasteiger partial charge in [-0.3, -0.25) is 4.79 Å². The molecule has 1 aromatic rings. The van der Waals surface area contributed by atoms with Gasteiger partial charge in [-0.1, -0.05) is 13.8 Å². The van der Waals surface area contributed by atoms with E-state index in [0.717, 1.165) is 18.2 Å². The van der Waals surface area contributed by atoms with Gasteiger partial charge in [0.2, 0.25) is 10.0 Å². The second kappa shape index (κ2) is 9.44. The lowest BCUT2D eigenvalue weighted by Crippen LogP contribution is -2.40. The third kappa shape index (κ3) is 5.49. The molecule has 1 aliphatic rings. The van der Waals surface area contributed by atoms with Gasteiger partial charge < -0.3 is 14.8 Å². The van der Waals surface area contributed by atoms with Crippen LogP contribution in [0.5, 0.6) is 0 Å². The Hall–Kier alpha value is -2.04. The molecule has 0 aromatic heterocycles. The van der Waals surface area contributed by atoms with Crippen LogP contribution < -0.4 is 5.32 Å². The summed E-state index contributed by atoms with van der Waals surface area (Å²) in [4.78, 5) is 23.8. The van der Waals surface area contributed by atoms with E-state index in [-0.39, 0.29) is 43.2 Å². The number of benzene rings is 1. The van der Waals surface area contributed by atoms with Crippen molar-refractivity contribution in [3.8, 4) is 0 Å². The van der Waals surface area contributed by atoms with Crippen molar-refractivity contribution in [2.24, 2.45) is 5.92 Å². The van der Waals surface area contributed by atoms with Crippen molar-refractivity contribution in [3.05, 3.63) is 29.6 Å². The number of carbonyl (C=O) groups is 2. The predicted octanol–water partition coefficient (Wildman–Crippen LogP) is 1.16. The lowest BCUT2D eigenvalue weighted by Gasteiger charge is -2.26. The molecule has 1 fully saturated rings. The van der Waals surface area contributed by atoms with E-state index in [2.05, 4.69) is 5.32 Å². The summed E-state index contributed by atoms with van der Waals surface area (Å²) >= 11 is 0. The highest BCUT2D eigenvalue weighted by molar-refractivity contribution is 7.89. The molecule has 28 heavy (non-hydrogen) atoms. The molecule has 1 amide bonds. The fourth-order valence-corrected chi connectivity index (χ4v) is 3.86. The molecule has 1 heterocycles. The second-order valence-electron chi connectivity index (χ2n) is 6.83. The smallest absolute Gasteiger partial charge is 0.341 e. The first-order chi connectivity index (χ1) is 13.1. The first-order valence-corrected chi connectivity index (χ1v) is 10.4. The molecule has 1 unspecified atom stereocenters. The number of hydrogen-bond donors (Lipinski definition) is 1. The lowest BCUT2D eigenvalue weighted by molar-refractivity contribution is -0.125. The van der Waals surface area contributed by atoms with E-state index >= 15 is 0 Å². The summed E-state index contributed by atoms with van der Waals surface area (Å²) < 4.78 is 50.6. The molecule has 1 N–H and O–H groups in total. The van der Waals surface area contributed by atoms with Crippen LogP contribution in [0.1, 0.15) is 31.1 Å². The van der Waals surface area contributed by atoms with E-state index in [9.17, 15) is 22.4 Å². The summed E-state index contributed by atoms with van der Waals surface area (Å²) in [5, 5.41) is 2.66. The number of sulfonamides is 1. The molecule has 1 aromatic carbocycles. The van der Waals surface area contributed by atoms with E-state index in [4.69, 9.17) is 9.47 Å². The molecule has 0 aliphatic carbocycles. The quantitative estimate of drug-likeness (QED) is 0.670. The SMILES string of the molecule is CC(C)C(C)NC(=O)COC(=O)c1cc(S(=O)(=O)N2CCOCC2)ccc1F. The number of rotatable bonds is 7. The summed E-state index contributed by atoms with van der Waals surface area (Å²) in [6, 6.07) is 2.79. The average molecular weight is 416 g/mol. The zero-order chi connectivity index (χ0) is 20.9. The largest absolute Gasteiger partial charge is 0.452 e. The molecule has 0 bridgehead atoms. The van der Waals surface area contributed by atoms with Gasteiger partial charge in [0.25, 0.3) is 5.91 Å². The Labute approximate surface area is 164 Å². The van der Waals surface area contributed by atoms with Crippen LogP contribution in [0.15, 0.2) is 23.1 Å². The molecule has 10 heteroatoms. The second-order valence-corrected chi connectivity index (χ2v) is 8.77. The van der Waals surface area contributed by atoms with Crippen molar-refractivity contribution in [2.45, 2.75) is 31.7 Å². The first kappa shape index (κ1) is 22.3. The highest BCUT2D eigenvalue weighted by atomic mass is 32.2. The molecule has 1 atom stereocenters. The topological polar surface area (TPSA) is 102 Å². The minimum Gasteiger partial charge on any atom is -0.452 e. The van der Waals surface area contributed by atoms with Gasteiger partial charge in [-0.15, -0.1) is 0 Å². The van der Waals surface area contributed by atoms with Gasteiger partial charge >= 0.3 is 5.97 Å². The Morgan fingerprint density at radius 2 is 1.89 bits per heavy atom. The van der Waals surface area contributed by atoms with Gasteiger partial charge in [-0.2, -0.15) is 4.31 Å². The minimum atomic E-state index is -3.89. The van der Waals surface area contributed by atoms with Crippen LogP contribution in [-0.2, 0) is 24.3 Å². The molecule has 8 nitrogen and oxygen atoms in total. The summed E-state index contributed by atoms with van der Waals surface area (Å²) in [5.74, 6) is -2.36. The van der Waals surface area contributed by atoms with Crippen LogP contribution in [0.25, 0.3) is 0 Å². The van der Waals surface area contributed by atoms with Crippen LogP contribution in [0.3, 0.4) is 0 Å². The monoisotopic (exact) mass is 416 g/mol. The Kier molecular flexibility index (Phi) is 7.50. The van der Waals surface area contributed by atoms with Crippen molar-refractivity contribution >= 4 is 21.9 Å². The maximum absolute atomic E-state index is 14.1. The molecular formula is C18H25FN2O6S. The van der Waals surface area contributed by atoms with Gasteiger partial charge in [0.1, 0.15) is 5.82 Å². The summed E-state index contributed by atoms with van der Waals surface area (Å²) in [6.45, 7) is 5.94. The van der Waals surface area contributed by atoms with Crippen LogP contribution in [0.2, 0.25) is 0 Å². The highest BCUT2D eigenvalue weighted by Gasteiger charge is 2.28. The number of nitrogens with zero attached hydrogens (tertiary/aromatic N) is 1. The number of carbonyl (C=O) groups excluding carboxylic acids is 2. The summed E-state index contributed by atoms with van der Waals surface area (Å²) in [7, 11) is -3.89. The van der Waals surface area contributed by atoms with Gasteiger partial charge in [0.05, 0.1) is 23.7 Å². The van der Waals surface area contributed by atoms with E-state index in [1.165, 1.54) is 4.31 Å². The van der Waals surface area contributed by atoms with Crippen LogP contribution in [-0.4, -0.2) is 63.6 Å². The van der Waals surface area contributed by atoms with Crippen molar-refractivity contribution in [2.75, 3.05) is 32.9 Å². The number of amides is 1. The van der Waals surface area contributed by atoms with E-state index in [1.54, 1.807) is 0 Å². The van der Waals surface area contributed by atoms with Gasteiger partial charge in [0, 0.05) is 19.1 Å². The summed E-state index contributed by atoms with van der Waals surface area (Å²) in [5.41, 5.74) is -0.543. The summed E-state index contributed by atoms with van der Waals surface area (Å²) in [6.07, 6.45) is 0. The van der Waals surface area contributed by atoms with E-state index < -0.39 is 39.9 Å². The van der Waals surface area contributed by atoms with Crippen molar-refractivity contribution < 1.29 is 31.9 Å². The number of halogens is 1. The third-order valence-electron chi connectivity index (χ3n) is 4.49. The van der Waals surface area contributed by atoms with Crippen molar-refractivity contribution in [1.29, 1.82) is 0 Å². The van der Waals surface area contributed by atoms with Crippen molar-refractivity contribution in [3.63, 3.8) is 0 Å². The Bertz CT molecular complexity index is 821. The molecule has 0 radical (unpaired) electrons. The molecule has 1 saturated heterocycles. The normalized spacial score (nSPS) is 16.6. The zero-order valence-electron chi connectivity index (χ0n) is 16.1. The first-order valence-electron chi connectivity index (χ1n) is 8.97. The maximum Gasteiger partial charge on any atom is 0.341 e. The molecule has 156 valence electrons. The van der Waals surface area contributed by atoms with Gasteiger partial charge in [0.15, 0.2) is 6.61 Å². The number of hydrogen-bond acceptors (Lipinski definition) is 6. The molecule has 2 rings (SSSR count). The van der Waals surface area contributed by atoms with Gasteiger partial charge in [-0.25, -0.2) is 17.6 Å². The number of morpholine rings is 1. The van der Waals surface area contributed by atoms with Gasteiger partial charge in [-0.05, 0) is 31.0 Å². The Morgan fingerprint density at radius 3 is 2.50 bits per heavy atom. The lowest BCUT2D eigenvalue weighted by atomic mass is 10.1. The fraction of sp³-hybridized carbons (Fsp3) is 0.556. The number of esters is 1. The number of nitrogens with one attached hydrogen (secondary N) is 1. The Balaban J connectivity index is 2.10. The molecule has 0 saturated carbocycles. The Morgan fingerprint density at radius 1 is 1.25 bits per heavy atom. The average Bonchev–Trinajstić information content (AvgIpc) is 2.66. The van der Waals surface area contributed by atoms with E-state index in [0.29, 0.717) is 0 Å². The highest BCUT2D eigenvalue weighted by Crippen LogP contribution is 2.21. The minimum absolute atomic E-state index is 0.120. The molecule has 1 aliphatic heterocycles. The predicted molar refractivity (Wildman–Crippen MR) is 98.7 cm³/mol. The van der Waals surface area contributed by atoms with Crippen LogP contribution in [0, 0.1) is 11.7 Å². The zero-order valence-corrected chi connectivity index (χ0v) is 16.9. The fourth-order valence-electron chi connectivity index (χ4n) is 2.43. The van der Waals surface area contributed by atoms with E-state index in [1.807, 2.05) is 20.8 Å². The molecule has 0 spiro atoms. The number of ether oxygens (including phenoxy) is 2. The maximum atomic E-state index is 14.1. The third-order valence-corrected chi connectivity index (χ3v) is 6.38. The van der Waals surface area contributed by atoms with Crippen LogP contribution >= 0.6 is 0 Å². The standard InChI is InChI=1S/C18H25FN2O6S/c1-12(2)13(3)20-17(22)11-27-18(23)15-10-14(4-5-16(15)19)28(24,25)21-6-8-26-9-7-21/h4-5,10,12-13H,6-9,11H2,1-3H3,(H,20,22). The molecular weight excluding hydrogens is 391 g/mol. The van der Waals surface area contributed by atoms with Crippen molar-refractivity contribution in [1.82, 2.24) is 9.62 Å². The van der Waals surface area contributed by atoms with Crippen LogP contribution in [0.4, 0.5) is 4.39 Å².